The number of hydrogen-bond acceptors (Lipinski definition) is 3. The van der Waals surface area contributed by atoms with Crippen molar-refractivity contribution in [3.05, 3.63) is 54.1 Å². The molecule has 6 heteroatoms. The largest absolute Gasteiger partial charge is 0.477 e. The lowest BCUT2D eigenvalue weighted by molar-refractivity contribution is -0.121. The molecule has 0 fully saturated rings. The van der Waals surface area contributed by atoms with Gasteiger partial charge in [-0.05, 0) is 23.8 Å². The quantitative estimate of drug-likeness (QED) is 0.835. The van der Waals surface area contributed by atoms with Gasteiger partial charge in [0.15, 0.2) is 0 Å². The lowest BCUT2D eigenvalue weighted by Crippen LogP contribution is -2.28. The minimum atomic E-state index is -1.05. The Labute approximate surface area is 109 Å². The minimum Gasteiger partial charge on any atom is -0.477 e. The number of nitrogens with one attached hydrogen (secondary N) is 1. The van der Waals surface area contributed by atoms with Crippen LogP contribution in [0.2, 0.25) is 0 Å². The maximum atomic E-state index is 11.7. The summed E-state index contributed by atoms with van der Waals surface area (Å²) in [7, 11) is 0. The zero-order valence-electron chi connectivity index (χ0n) is 10.1. The summed E-state index contributed by atoms with van der Waals surface area (Å²) in [5, 5.41) is 11.6. The van der Waals surface area contributed by atoms with Crippen LogP contribution in [0.25, 0.3) is 0 Å². The van der Waals surface area contributed by atoms with E-state index in [1.54, 1.807) is 30.7 Å². The molecule has 0 spiro atoms. The van der Waals surface area contributed by atoms with E-state index in [1.807, 2.05) is 6.07 Å². The topological polar surface area (TPSA) is 84.2 Å². The summed E-state index contributed by atoms with van der Waals surface area (Å²) in [5.74, 6) is -1.30. The van der Waals surface area contributed by atoms with Crippen LogP contribution in [0.4, 0.5) is 0 Å². The average Bonchev–Trinajstić information content (AvgIpc) is 2.86. The van der Waals surface area contributed by atoms with E-state index in [4.69, 9.17) is 5.11 Å². The molecule has 0 radical (unpaired) electrons. The highest BCUT2D eigenvalue weighted by Crippen LogP contribution is 2.02. The first kappa shape index (κ1) is 12.8. The van der Waals surface area contributed by atoms with Gasteiger partial charge in [-0.2, -0.15) is 0 Å². The molecule has 0 aromatic carbocycles. The maximum absolute atomic E-state index is 11.7. The van der Waals surface area contributed by atoms with Crippen molar-refractivity contribution in [2.24, 2.45) is 0 Å². The second-order valence-corrected chi connectivity index (χ2v) is 3.96. The van der Waals surface area contributed by atoms with Crippen molar-refractivity contribution < 1.29 is 14.7 Å². The molecule has 0 aliphatic rings. The molecule has 0 aliphatic heterocycles. The van der Waals surface area contributed by atoms with Gasteiger partial charge in [-0.1, -0.05) is 6.07 Å². The number of carboxylic acid groups (broad SMARTS) is 1. The average molecular weight is 259 g/mol. The molecule has 98 valence electrons. The highest BCUT2D eigenvalue weighted by molar-refractivity contribution is 5.86. The molecular weight excluding hydrogens is 246 g/mol. The van der Waals surface area contributed by atoms with Crippen LogP contribution in [0.1, 0.15) is 16.1 Å². The molecule has 19 heavy (non-hydrogen) atoms. The normalized spacial score (nSPS) is 10.1. The Morgan fingerprint density at radius 3 is 2.84 bits per heavy atom. The van der Waals surface area contributed by atoms with E-state index in [9.17, 15) is 9.59 Å². The van der Waals surface area contributed by atoms with Gasteiger partial charge in [0.05, 0.1) is 0 Å². The second kappa shape index (κ2) is 5.81. The number of amides is 1. The lowest BCUT2D eigenvalue weighted by Gasteiger charge is -2.07. The summed E-state index contributed by atoms with van der Waals surface area (Å²) in [6.07, 6.45) is 4.88. The first-order valence-electron chi connectivity index (χ1n) is 5.71. The van der Waals surface area contributed by atoms with Gasteiger partial charge in [0.1, 0.15) is 12.2 Å². The SMILES string of the molecule is O=C(Cn1cccc1C(=O)O)NCc1cccnc1. The van der Waals surface area contributed by atoms with Crippen LogP contribution in [-0.4, -0.2) is 26.5 Å². The van der Waals surface area contributed by atoms with Crippen molar-refractivity contribution in [2.45, 2.75) is 13.1 Å². The molecule has 0 saturated carbocycles. The van der Waals surface area contributed by atoms with E-state index in [0.29, 0.717) is 6.54 Å². The van der Waals surface area contributed by atoms with Crippen LogP contribution in [0, 0.1) is 0 Å². The van der Waals surface area contributed by atoms with Crippen molar-refractivity contribution in [1.82, 2.24) is 14.9 Å². The van der Waals surface area contributed by atoms with Crippen LogP contribution >= 0.6 is 0 Å². The first-order chi connectivity index (χ1) is 9.16. The Morgan fingerprint density at radius 2 is 2.16 bits per heavy atom. The summed E-state index contributed by atoms with van der Waals surface area (Å²) in [5.41, 5.74) is 0.985. The van der Waals surface area contributed by atoms with Gasteiger partial charge in [-0.25, -0.2) is 4.79 Å². The molecule has 0 unspecified atom stereocenters. The van der Waals surface area contributed by atoms with E-state index in [0.717, 1.165) is 5.56 Å². The predicted molar refractivity (Wildman–Crippen MR) is 67.5 cm³/mol. The van der Waals surface area contributed by atoms with E-state index < -0.39 is 5.97 Å². The molecule has 0 bridgehead atoms. The van der Waals surface area contributed by atoms with Gasteiger partial charge in [0, 0.05) is 25.1 Å². The molecule has 6 nitrogen and oxygen atoms in total. The van der Waals surface area contributed by atoms with Crippen molar-refractivity contribution in [3.63, 3.8) is 0 Å². The van der Waals surface area contributed by atoms with Crippen LogP contribution in [0.15, 0.2) is 42.9 Å². The van der Waals surface area contributed by atoms with Gasteiger partial charge in [0.2, 0.25) is 5.91 Å². The molecular formula is C13H13N3O3. The van der Waals surface area contributed by atoms with Gasteiger partial charge in [-0.3, -0.25) is 9.78 Å². The van der Waals surface area contributed by atoms with E-state index in [2.05, 4.69) is 10.3 Å². The number of aromatic carboxylic acids is 1. The number of carbonyl (C=O) groups is 2. The van der Waals surface area contributed by atoms with Crippen molar-refractivity contribution >= 4 is 11.9 Å². The standard InChI is InChI=1S/C13H13N3O3/c17-12(15-8-10-3-1-5-14-7-10)9-16-6-2-4-11(16)13(18)19/h1-7H,8-9H2,(H,15,17)(H,18,19). The summed E-state index contributed by atoms with van der Waals surface area (Å²) in [6, 6.07) is 6.69. The van der Waals surface area contributed by atoms with Crippen LogP contribution in [0.5, 0.6) is 0 Å². The molecule has 2 rings (SSSR count). The third kappa shape index (κ3) is 3.41. The fraction of sp³-hybridized carbons (Fsp3) is 0.154. The van der Waals surface area contributed by atoms with Crippen molar-refractivity contribution in [2.75, 3.05) is 0 Å². The molecule has 0 aliphatic carbocycles. The molecule has 0 saturated heterocycles. The molecule has 2 heterocycles. The number of carboxylic acids is 1. The van der Waals surface area contributed by atoms with Gasteiger partial charge >= 0.3 is 5.97 Å². The Kier molecular flexibility index (Phi) is 3.92. The fourth-order valence-electron chi connectivity index (χ4n) is 1.66. The van der Waals surface area contributed by atoms with Gasteiger partial charge in [-0.15, -0.1) is 0 Å². The lowest BCUT2D eigenvalue weighted by atomic mass is 10.3. The number of hydrogen-bond donors (Lipinski definition) is 2. The molecule has 0 atom stereocenters. The Balaban J connectivity index is 1.91. The summed E-state index contributed by atoms with van der Waals surface area (Å²) in [6.45, 7) is 0.352. The highest BCUT2D eigenvalue weighted by atomic mass is 16.4. The number of nitrogens with zero attached hydrogens (tertiary/aromatic N) is 2. The molecule has 2 aromatic heterocycles. The van der Waals surface area contributed by atoms with Gasteiger partial charge in [0.25, 0.3) is 0 Å². The van der Waals surface area contributed by atoms with Crippen LogP contribution in [-0.2, 0) is 17.9 Å². The number of carbonyl (C=O) groups excluding carboxylic acids is 1. The third-order valence-corrected chi connectivity index (χ3v) is 2.58. The fourth-order valence-corrected chi connectivity index (χ4v) is 1.66. The van der Waals surface area contributed by atoms with E-state index in [-0.39, 0.29) is 18.1 Å². The van der Waals surface area contributed by atoms with E-state index in [1.165, 1.54) is 10.6 Å². The van der Waals surface area contributed by atoms with E-state index >= 15 is 0 Å². The number of aromatic nitrogens is 2. The molecule has 2 N–H and O–H groups in total. The Bertz CT molecular complexity index is 578. The Morgan fingerprint density at radius 1 is 1.32 bits per heavy atom. The first-order valence-corrected chi connectivity index (χ1v) is 5.71. The number of pyridine rings is 1. The van der Waals surface area contributed by atoms with Crippen molar-refractivity contribution in [3.8, 4) is 0 Å². The number of rotatable bonds is 5. The zero-order valence-corrected chi connectivity index (χ0v) is 10.1. The summed E-state index contributed by atoms with van der Waals surface area (Å²) in [4.78, 5) is 26.5. The highest BCUT2D eigenvalue weighted by Gasteiger charge is 2.11. The monoisotopic (exact) mass is 259 g/mol. The smallest absolute Gasteiger partial charge is 0.352 e. The summed E-state index contributed by atoms with van der Waals surface area (Å²) < 4.78 is 1.39. The van der Waals surface area contributed by atoms with Gasteiger partial charge < -0.3 is 15.0 Å². The summed E-state index contributed by atoms with van der Waals surface area (Å²) >= 11 is 0. The molecule has 1 amide bonds. The van der Waals surface area contributed by atoms with Crippen LogP contribution in [0.3, 0.4) is 0 Å². The zero-order chi connectivity index (χ0) is 13.7. The molecule has 2 aromatic rings. The maximum Gasteiger partial charge on any atom is 0.352 e. The Hall–Kier alpha value is -2.63. The second-order valence-electron chi connectivity index (χ2n) is 3.96. The third-order valence-electron chi connectivity index (χ3n) is 2.58. The predicted octanol–water partition coefficient (Wildman–Crippen LogP) is 0.898. The van der Waals surface area contributed by atoms with Crippen molar-refractivity contribution in [1.29, 1.82) is 0 Å². The van der Waals surface area contributed by atoms with Crippen LogP contribution < -0.4 is 5.32 Å². The minimum absolute atomic E-state index is 0.0190.